The summed E-state index contributed by atoms with van der Waals surface area (Å²) in [4.78, 5) is 4.60. The van der Waals surface area contributed by atoms with E-state index in [0.717, 1.165) is 27.8 Å². The number of hydrogen-bond donors (Lipinski definition) is 1. The van der Waals surface area contributed by atoms with Crippen molar-refractivity contribution in [2.75, 3.05) is 0 Å². The zero-order valence-electron chi connectivity index (χ0n) is 33.4. The van der Waals surface area contributed by atoms with E-state index in [4.69, 9.17) is 94.2 Å². The first kappa shape index (κ1) is 41.8. The summed E-state index contributed by atoms with van der Waals surface area (Å²) in [6.07, 6.45) is 0. The smallest absolute Gasteiger partial charge is 0.113 e. The molecule has 0 fully saturated rings. The van der Waals surface area contributed by atoms with E-state index in [-0.39, 0.29) is 49.5 Å². The fraction of sp³-hybridized carbons (Fsp3) is 0.0426. The van der Waals surface area contributed by atoms with Crippen LogP contribution in [-0.2, 0) is 5.21 Å². The van der Waals surface area contributed by atoms with E-state index in [2.05, 4.69) is 4.98 Å². The van der Waals surface area contributed by atoms with Gasteiger partial charge in [-0.2, -0.15) is 0 Å². The van der Waals surface area contributed by atoms with Crippen LogP contribution in [-0.4, -0.2) is 114 Å². The third-order valence-electron chi connectivity index (χ3n) is 11.8. The first-order valence-electron chi connectivity index (χ1n) is 19.5. The van der Waals surface area contributed by atoms with Crippen molar-refractivity contribution in [1.29, 1.82) is 0 Å². The third kappa shape index (κ3) is 6.53. The molecule has 15 heteroatoms. The van der Waals surface area contributed by atoms with E-state index >= 15 is 0 Å². The molecule has 8 aromatic carbocycles. The van der Waals surface area contributed by atoms with E-state index in [1.807, 2.05) is 121 Å². The number of benzene rings is 8. The summed E-state index contributed by atoms with van der Waals surface area (Å²) in [7, 11) is 78.6. The highest BCUT2D eigenvalue weighted by atomic mass is 16.3. The number of para-hydroxylation sites is 2. The molecule has 3 nitrogen and oxygen atoms in total. The van der Waals surface area contributed by atoms with Gasteiger partial charge in [0.1, 0.15) is 68.6 Å². The van der Waals surface area contributed by atoms with Crippen LogP contribution in [0.2, 0.25) is 0 Å². The minimum Gasteiger partial charge on any atom is -0.410 e. The van der Waals surface area contributed by atoms with Gasteiger partial charge in [0, 0.05) is 5.69 Å². The van der Waals surface area contributed by atoms with Gasteiger partial charge in [-0.25, -0.2) is 4.98 Å². The molecule has 0 saturated heterocycles. The number of aromatic nitrogens is 2. The maximum Gasteiger partial charge on any atom is 0.113 e. The number of imidazole rings is 1. The molecule has 0 amide bonds. The highest BCUT2D eigenvalue weighted by Gasteiger charge is 2.39. The molecule has 24 radical (unpaired) electrons. The molecule has 9 rings (SSSR count). The van der Waals surface area contributed by atoms with Crippen LogP contribution >= 0.6 is 0 Å². The molecule has 0 spiro atoms. The zero-order valence-corrected chi connectivity index (χ0v) is 33.4. The Balaban J connectivity index is 1.24. The van der Waals surface area contributed by atoms with Crippen molar-refractivity contribution in [3.63, 3.8) is 0 Å². The quantitative estimate of drug-likeness (QED) is 0.181. The van der Waals surface area contributed by atoms with Crippen LogP contribution < -0.4 is 43.7 Å². The van der Waals surface area contributed by atoms with Crippen LogP contribution in [0.5, 0.6) is 0 Å². The SMILES string of the molecule is [B]c1c([B])c([B])c2c(-c3cccc(-c4ccccc4)c3)c3c([B])c([B])c([B])c([B])c3c(-c3ccc(-c4ccc(-n5c(C([B])([B])C([B])([B])O)nc6ccccc65)cc4)cc3)c2c1[B]. The van der Waals surface area contributed by atoms with Crippen molar-refractivity contribution in [2.24, 2.45) is 0 Å². The zero-order chi connectivity index (χ0) is 44.0. The molecule has 1 N–H and O–H groups in total. The van der Waals surface area contributed by atoms with E-state index in [0.29, 0.717) is 55.0 Å². The Morgan fingerprint density at radius 2 is 0.806 bits per heavy atom. The average Bonchev–Trinajstić information content (AvgIpc) is 3.68. The van der Waals surface area contributed by atoms with E-state index in [1.165, 1.54) is 0 Å². The van der Waals surface area contributed by atoms with Gasteiger partial charge in [-0.3, -0.25) is 4.57 Å². The Morgan fingerprint density at radius 1 is 0.403 bits per heavy atom. The summed E-state index contributed by atoms with van der Waals surface area (Å²) in [5, 5.41) is 8.05. The fourth-order valence-electron chi connectivity index (χ4n) is 8.38. The molecule has 1 heterocycles. The number of nitrogens with zero attached hydrogens (tertiary/aromatic N) is 2. The predicted molar refractivity (Wildman–Crippen MR) is 271 cm³/mol. The van der Waals surface area contributed by atoms with Crippen molar-refractivity contribution >= 4 is 170 Å². The van der Waals surface area contributed by atoms with Gasteiger partial charge in [0.05, 0.1) is 42.4 Å². The van der Waals surface area contributed by atoms with Gasteiger partial charge in [-0.1, -0.05) is 119 Å². The lowest BCUT2D eigenvalue weighted by Crippen LogP contribution is -2.55. The molecule has 0 unspecified atom stereocenters. The minimum atomic E-state index is -2.48. The number of aliphatic hydroxyl groups is 1. The van der Waals surface area contributed by atoms with Crippen LogP contribution in [0.15, 0.2) is 127 Å². The summed E-state index contributed by atoms with van der Waals surface area (Å²) >= 11 is 0. The second-order valence-corrected chi connectivity index (χ2v) is 15.6. The van der Waals surface area contributed by atoms with Crippen LogP contribution in [0.3, 0.4) is 0 Å². The standard InChI is InChI=1S/C47H22B12N2O/c48-37-33-31(25-15-13-23(14-16-25)24-17-19-28(20-18-24)61-30-12-5-4-11-29(30)60-45(61)46(56,57)47(58,59)62)34-36(40(51)44(55)42(53)38(34)49)32(35(33)39(50)43(54)41(37)52)27-10-6-9-26(21-27)22-7-2-1-3-8-22/h1-21,62H. The Bertz CT molecular complexity index is 3190. The Morgan fingerprint density at radius 3 is 1.32 bits per heavy atom. The molecule has 0 bridgehead atoms. The maximum absolute atomic E-state index is 10.5. The van der Waals surface area contributed by atoms with Crippen molar-refractivity contribution in [3.8, 4) is 50.2 Å². The Kier molecular flexibility index (Phi) is 10.4. The second kappa shape index (κ2) is 15.4. The summed E-state index contributed by atoms with van der Waals surface area (Å²) < 4.78 is 1.72. The minimum absolute atomic E-state index is 0.0716. The lowest BCUT2D eigenvalue weighted by atomic mass is 9.35. The van der Waals surface area contributed by atoms with Gasteiger partial charge in [-0.05, 0) is 107 Å². The van der Waals surface area contributed by atoms with Gasteiger partial charge in [0.25, 0.3) is 0 Å². The predicted octanol–water partition coefficient (Wildman–Crippen LogP) is -0.177. The van der Waals surface area contributed by atoms with Gasteiger partial charge >= 0.3 is 0 Å². The third-order valence-corrected chi connectivity index (χ3v) is 11.8. The second-order valence-electron chi connectivity index (χ2n) is 15.6. The first-order valence-corrected chi connectivity index (χ1v) is 19.5. The average molecular weight is 760 g/mol. The largest absolute Gasteiger partial charge is 0.410 e. The molecule has 0 aliphatic carbocycles. The number of hydrogen-bond acceptors (Lipinski definition) is 2. The summed E-state index contributed by atoms with van der Waals surface area (Å²) in [5.41, 5.74) is 9.71. The van der Waals surface area contributed by atoms with Crippen LogP contribution in [0, 0.1) is 0 Å². The van der Waals surface area contributed by atoms with Crippen molar-refractivity contribution in [3.05, 3.63) is 133 Å². The maximum atomic E-state index is 10.5. The van der Waals surface area contributed by atoms with Crippen molar-refractivity contribution < 1.29 is 5.11 Å². The summed E-state index contributed by atoms with van der Waals surface area (Å²) in [6.45, 7) is 0. The molecule has 62 heavy (non-hydrogen) atoms. The molecule has 0 atom stereocenters. The number of fused-ring (bicyclic) bond motifs is 3. The molecule has 0 saturated carbocycles. The normalized spacial score (nSPS) is 12.1. The molecule has 0 aliphatic rings. The van der Waals surface area contributed by atoms with Crippen LogP contribution in [0.4, 0.5) is 0 Å². The Labute approximate surface area is 377 Å². The van der Waals surface area contributed by atoms with Gasteiger partial charge in [0.2, 0.25) is 0 Å². The fourth-order valence-corrected chi connectivity index (χ4v) is 8.38. The van der Waals surface area contributed by atoms with Crippen LogP contribution in [0.1, 0.15) is 5.82 Å². The van der Waals surface area contributed by atoms with Gasteiger partial charge in [0.15, 0.2) is 0 Å². The van der Waals surface area contributed by atoms with Gasteiger partial charge < -0.3 is 5.11 Å². The molecular formula is C47H22B12N2O. The van der Waals surface area contributed by atoms with E-state index < -0.39 is 10.6 Å². The molecule has 9 aromatic rings. The van der Waals surface area contributed by atoms with Crippen LogP contribution in [0.25, 0.3) is 82.8 Å². The van der Waals surface area contributed by atoms with Crippen molar-refractivity contribution in [1.82, 2.24) is 9.55 Å². The van der Waals surface area contributed by atoms with E-state index in [1.54, 1.807) is 10.6 Å². The molecule has 262 valence electrons. The Hall–Kier alpha value is -5.51. The topological polar surface area (TPSA) is 38.0 Å². The molecule has 1 aromatic heterocycles. The lowest BCUT2D eigenvalue weighted by Gasteiger charge is -2.39. The number of rotatable bonds is 7. The highest BCUT2D eigenvalue weighted by molar-refractivity contribution is 6.71. The van der Waals surface area contributed by atoms with E-state index in [9.17, 15) is 5.11 Å². The van der Waals surface area contributed by atoms with Gasteiger partial charge in [-0.15, -0.1) is 21.9 Å². The first-order chi connectivity index (χ1) is 29.5. The summed E-state index contributed by atoms with van der Waals surface area (Å²) in [5.74, 6) is 0.0716. The highest BCUT2D eigenvalue weighted by Crippen LogP contribution is 2.42. The molecular weight excluding hydrogens is 738 g/mol. The summed E-state index contributed by atoms with van der Waals surface area (Å²) in [6, 6.07) is 40.7. The molecule has 0 aliphatic heterocycles. The van der Waals surface area contributed by atoms with Crippen molar-refractivity contribution in [2.45, 2.75) is 10.6 Å². The lowest BCUT2D eigenvalue weighted by molar-refractivity contribution is 0.189. The monoisotopic (exact) mass is 762 g/mol.